The lowest BCUT2D eigenvalue weighted by atomic mass is 9.82. The molecule has 0 atom stereocenters. The van der Waals surface area contributed by atoms with Gasteiger partial charge in [0.05, 0.1) is 0 Å². The van der Waals surface area contributed by atoms with Gasteiger partial charge in [-0.1, -0.05) is 88.4 Å². The van der Waals surface area contributed by atoms with Crippen molar-refractivity contribution in [2.45, 2.75) is 39.0 Å². The lowest BCUT2D eigenvalue weighted by molar-refractivity contribution is 0.660. The van der Waals surface area contributed by atoms with Crippen molar-refractivity contribution in [1.29, 1.82) is 0 Å². The van der Waals surface area contributed by atoms with Crippen LogP contribution >= 0.6 is 0 Å². The number of anilines is 3. The molecule has 0 saturated heterocycles. The Bertz CT molecular complexity index is 1220. The van der Waals surface area contributed by atoms with E-state index in [0.717, 1.165) is 0 Å². The van der Waals surface area contributed by atoms with Crippen molar-refractivity contribution >= 4 is 17.1 Å². The molecule has 4 aromatic carbocycles. The zero-order valence-corrected chi connectivity index (χ0v) is 18.8. The van der Waals surface area contributed by atoms with Crippen LogP contribution in [0.15, 0.2) is 97.1 Å². The van der Waals surface area contributed by atoms with Crippen molar-refractivity contribution < 1.29 is 0 Å². The van der Waals surface area contributed by atoms with Gasteiger partial charge in [0.2, 0.25) is 0 Å². The molecule has 1 aliphatic rings. The molecule has 0 N–H and O–H groups in total. The third kappa shape index (κ3) is 3.25. The molecule has 0 fully saturated rings. The molecule has 0 aliphatic heterocycles. The highest BCUT2D eigenvalue weighted by atomic mass is 15.1. The summed E-state index contributed by atoms with van der Waals surface area (Å²) in [6.07, 6.45) is 0. The summed E-state index contributed by atoms with van der Waals surface area (Å²) in [6, 6.07) is 35.4. The van der Waals surface area contributed by atoms with Gasteiger partial charge in [0.25, 0.3) is 0 Å². The molecule has 0 amide bonds. The molecule has 0 saturated carbocycles. The summed E-state index contributed by atoms with van der Waals surface area (Å²) in [7, 11) is 0. The predicted molar refractivity (Wildman–Crippen MR) is 133 cm³/mol. The average molecular weight is 404 g/mol. The van der Waals surface area contributed by atoms with Crippen molar-refractivity contribution in [3.05, 3.63) is 114 Å². The van der Waals surface area contributed by atoms with Gasteiger partial charge < -0.3 is 4.90 Å². The van der Waals surface area contributed by atoms with Gasteiger partial charge in [-0.2, -0.15) is 0 Å². The number of nitrogens with zero attached hydrogens (tertiary/aromatic N) is 1. The Morgan fingerprint density at radius 2 is 1.16 bits per heavy atom. The molecule has 4 aromatic rings. The van der Waals surface area contributed by atoms with Crippen LogP contribution in [0, 0.1) is 0 Å². The van der Waals surface area contributed by atoms with Crippen LogP contribution in [-0.2, 0) is 5.41 Å². The van der Waals surface area contributed by atoms with E-state index in [2.05, 4.69) is 130 Å². The molecular weight excluding hydrogens is 374 g/mol. The lowest BCUT2D eigenvalue weighted by Crippen LogP contribution is -2.16. The number of hydrogen-bond acceptors (Lipinski definition) is 1. The van der Waals surface area contributed by atoms with Gasteiger partial charge >= 0.3 is 0 Å². The number of hydrogen-bond donors (Lipinski definition) is 0. The standard InChI is InChI=1S/C30H29N/c1-21(2)22-14-16-24(17-15-22)31(23-10-6-5-7-11-23)25-18-19-27-26-12-8-9-13-28(26)30(3,4)29(27)20-25/h5-21H,1-4H3. The molecule has 0 heterocycles. The lowest BCUT2D eigenvalue weighted by Gasteiger charge is -2.28. The average Bonchev–Trinajstić information content (AvgIpc) is 3.02. The summed E-state index contributed by atoms with van der Waals surface area (Å²) in [6.45, 7) is 9.16. The fourth-order valence-electron chi connectivity index (χ4n) is 4.86. The van der Waals surface area contributed by atoms with E-state index >= 15 is 0 Å². The molecule has 1 heteroatoms. The Morgan fingerprint density at radius 1 is 0.581 bits per heavy atom. The van der Waals surface area contributed by atoms with Crippen molar-refractivity contribution in [2.24, 2.45) is 0 Å². The van der Waals surface area contributed by atoms with Gasteiger partial charge in [0.1, 0.15) is 0 Å². The number of para-hydroxylation sites is 1. The number of rotatable bonds is 4. The van der Waals surface area contributed by atoms with Gasteiger partial charge in [0.15, 0.2) is 0 Å². The normalized spacial score (nSPS) is 13.7. The Morgan fingerprint density at radius 3 is 1.87 bits per heavy atom. The van der Waals surface area contributed by atoms with E-state index in [1.807, 2.05) is 0 Å². The maximum atomic E-state index is 2.39. The van der Waals surface area contributed by atoms with Crippen molar-refractivity contribution in [1.82, 2.24) is 0 Å². The minimum absolute atomic E-state index is 0.00814. The first-order valence-corrected chi connectivity index (χ1v) is 11.2. The van der Waals surface area contributed by atoms with Crippen LogP contribution in [0.3, 0.4) is 0 Å². The Balaban J connectivity index is 1.66. The van der Waals surface area contributed by atoms with E-state index in [1.165, 1.54) is 44.9 Å². The van der Waals surface area contributed by atoms with Gasteiger partial charge in [0, 0.05) is 22.5 Å². The molecule has 1 aliphatic carbocycles. The first-order chi connectivity index (χ1) is 15.0. The van der Waals surface area contributed by atoms with Crippen LogP contribution in [0.1, 0.15) is 50.3 Å². The molecule has 1 nitrogen and oxygen atoms in total. The topological polar surface area (TPSA) is 3.24 Å². The molecule has 0 radical (unpaired) electrons. The molecule has 0 unspecified atom stereocenters. The summed E-state index contributed by atoms with van der Waals surface area (Å²) >= 11 is 0. The molecule has 0 aromatic heterocycles. The zero-order chi connectivity index (χ0) is 21.6. The highest BCUT2D eigenvalue weighted by Crippen LogP contribution is 2.50. The van der Waals surface area contributed by atoms with Gasteiger partial charge in [-0.3, -0.25) is 0 Å². The van der Waals surface area contributed by atoms with Crippen LogP contribution in [-0.4, -0.2) is 0 Å². The monoisotopic (exact) mass is 403 g/mol. The van der Waals surface area contributed by atoms with Crippen LogP contribution < -0.4 is 4.90 Å². The summed E-state index contributed by atoms with van der Waals surface area (Å²) in [5, 5.41) is 0. The summed E-state index contributed by atoms with van der Waals surface area (Å²) in [4.78, 5) is 2.36. The van der Waals surface area contributed by atoms with Crippen LogP contribution in [0.4, 0.5) is 17.1 Å². The van der Waals surface area contributed by atoms with Crippen molar-refractivity contribution in [3.63, 3.8) is 0 Å². The highest BCUT2D eigenvalue weighted by molar-refractivity contribution is 5.85. The second-order valence-corrected chi connectivity index (χ2v) is 9.32. The van der Waals surface area contributed by atoms with Crippen LogP contribution in [0.25, 0.3) is 11.1 Å². The van der Waals surface area contributed by atoms with Crippen LogP contribution in [0.5, 0.6) is 0 Å². The summed E-state index contributed by atoms with van der Waals surface area (Å²) < 4.78 is 0. The number of fused-ring (bicyclic) bond motifs is 3. The molecular formula is C30H29N. The summed E-state index contributed by atoms with van der Waals surface area (Å²) in [5.41, 5.74) is 10.4. The van der Waals surface area contributed by atoms with Crippen molar-refractivity contribution in [3.8, 4) is 11.1 Å². The van der Waals surface area contributed by atoms with E-state index in [9.17, 15) is 0 Å². The van der Waals surface area contributed by atoms with E-state index in [4.69, 9.17) is 0 Å². The second-order valence-electron chi connectivity index (χ2n) is 9.32. The van der Waals surface area contributed by atoms with Gasteiger partial charge in [-0.05, 0) is 70.1 Å². The van der Waals surface area contributed by atoms with E-state index in [0.29, 0.717) is 5.92 Å². The van der Waals surface area contributed by atoms with Gasteiger partial charge in [-0.25, -0.2) is 0 Å². The zero-order valence-electron chi connectivity index (χ0n) is 18.8. The minimum Gasteiger partial charge on any atom is -0.310 e. The summed E-state index contributed by atoms with van der Waals surface area (Å²) in [5.74, 6) is 0.526. The minimum atomic E-state index is -0.00814. The quantitative estimate of drug-likeness (QED) is 0.330. The van der Waals surface area contributed by atoms with E-state index in [1.54, 1.807) is 0 Å². The second kappa shape index (κ2) is 7.42. The number of benzene rings is 4. The third-order valence-electron chi connectivity index (χ3n) is 6.66. The maximum Gasteiger partial charge on any atom is 0.0465 e. The Kier molecular flexibility index (Phi) is 4.70. The molecule has 154 valence electrons. The molecule has 31 heavy (non-hydrogen) atoms. The first-order valence-electron chi connectivity index (χ1n) is 11.2. The smallest absolute Gasteiger partial charge is 0.0465 e. The van der Waals surface area contributed by atoms with E-state index in [-0.39, 0.29) is 5.41 Å². The van der Waals surface area contributed by atoms with E-state index < -0.39 is 0 Å². The third-order valence-corrected chi connectivity index (χ3v) is 6.66. The SMILES string of the molecule is CC(C)c1ccc(N(c2ccccc2)c2ccc3c(c2)C(C)(C)c2ccccc2-3)cc1. The molecule has 0 spiro atoms. The predicted octanol–water partition coefficient (Wildman–Crippen LogP) is 8.59. The fourth-order valence-corrected chi connectivity index (χ4v) is 4.86. The Hall–Kier alpha value is -3.32. The maximum absolute atomic E-state index is 2.39. The first kappa shape index (κ1) is 19.6. The highest BCUT2D eigenvalue weighted by Gasteiger charge is 2.35. The molecule has 5 rings (SSSR count). The largest absolute Gasteiger partial charge is 0.310 e. The van der Waals surface area contributed by atoms with Crippen molar-refractivity contribution in [2.75, 3.05) is 4.90 Å². The van der Waals surface area contributed by atoms with Crippen LogP contribution in [0.2, 0.25) is 0 Å². The fraction of sp³-hybridized carbons (Fsp3) is 0.200. The molecule has 0 bridgehead atoms. The van der Waals surface area contributed by atoms with Gasteiger partial charge in [-0.15, -0.1) is 0 Å². The Labute approximate surface area is 186 Å².